The Bertz CT molecular complexity index is 561. The number of carbonyl (C=O) groups excluding carboxylic acids is 2. The molecule has 2 amide bonds. The van der Waals surface area contributed by atoms with E-state index in [-0.39, 0.29) is 23.8 Å². The van der Waals surface area contributed by atoms with Gasteiger partial charge < -0.3 is 14.5 Å². The summed E-state index contributed by atoms with van der Waals surface area (Å²) in [5.74, 6) is -0.0100. The molecule has 0 aromatic heterocycles. The van der Waals surface area contributed by atoms with E-state index in [1.54, 1.807) is 12.0 Å². The number of likely N-dealkylation sites (tertiary alicyclic amines) is 2. The number of methoxy groups -OCH3 is 1. The van der Waals surface area contributed by atoms with Crippen molar-refractivity contribution in [3.63, 3.8) is 0 Å². The number of hydrogen-bond acceptors (Lipinski definition) is 3. The maximum absolute atomic E-state index is 12.9. The van der Waals surface area contributed by atoms with E-state index in [0.29, 0.717) is 26.1 Å². The van der Waals surface area contributed by atoms with E-state index in [4.69, 9.17) is 4.74 Å². The minimum absolute atomic E-state index is 0.0656. The Balaban J connectivity index is 1.67. The Hall–Kier alpha value is -1.88. The number of hydrogen-bond donors (Lipinski definition) is 0. The Labute approximate surface area is 137 Å². The largest absolute Gasteiger partial charge is 0.383 e. The molecule has 124 valence electrons. The summed E-state index contributed by atoms with van der Waals surface area (Å²) in [4.78, 5) is 28.7. The second-order valence-corrected chi connectivity index (χ2v) is 6.33. The third kappa shape index (κ3) is 3.39. The lowest BCUT2D eigenvalue weighted by molar-refractivity contribution is -0.136. The fourth-order valence-electron chi connectivity index (χ4n) is 3.64. The molecule has 1 aromatic carbocycles. The molecule has 2 heterocycles. The van der Waals surface area contributed by atoms with Crippen LogP contribution in [-0.2, 0) is 14.3 Å². The van der Waals surface area contributed by atoms with E-state index in [9.17, 15) is 9.59 Å². The van der Waals surface area contributed by atoms with Crippen molar-refractivity contribution in [2.45, 2.75) is 25.3 Å². The van der Waals surface area contributed by atoms with E-state index < -0.39 is 0 Å². The van der Waals surface area contributed by atoms with Gasteiger partial charge in [0.1, 0.15) is 0 Å². The summed E-state index contributed by atoms with van der Waals surface area (Å²) < 4.78 is 5.03. The van der Waals surface area contributed by atoms with Crippen LogP contribution < -0.4 is 0 Å². The van der Waals surface area contributed by atoms with Gasteiger partial charge in [-0.2, -0.15) is 0 Å². The topological polar surface area (TPSA) is 49.9 Å². The Morgan fingerprint density at radius 1 is 1.30 bits per heavy atom. The van der Waals surface area contributed by atoms with Crippen LogP contribution in [0.1, 0.15) is 30.9 Å². The molecule has 0 bridgehead atoms. The maximum Gasteiger partial charge on any atom is 0.228 e. The van der Waals surface area contributed by atoms with Gasteiger partial charge in [-0.05, 0) is 18.4 Å². The molecule has 2 saturated heterocycles. The number of ether oxygens (including phenoxy) is 1. The summed E-state index contributed by atoms with van der Waals surface area (Å²) in [6.07, 6.45) is 2.36. The van der Waals surface area contributed by atoms with Crippen LogP contribution in [0.15, 0.2) is 30.3 Å². The first kappa shape index (κ1) is 16.0. The summed E-state index contributed by atoms with van der Waals surface area (Å²) in [5.41, 5.74) is 1.19. The first-order valence-electron chi connectivity index (χ1n) is 8.33. The highest BCUT2D eigenvalue weighted by atomic mass is 16.5. The van der Waals surface area contributed by atoms with Gasteiger partial charge in [0.05, 0.1) is 18.6 Å². The predicted molar refractivity (Wildman–Crippen MR) is 86.7 cm³/mol. The van der Waals surface area contributed by atoms with Crippen molar-refractivity contribution in [2.24, 2.45) is 5.92 Å². The second kappa shape index (κ2) is 7.13. The minimum Gasteiger partial charge on any atom is -0.383 e. The molecule has 0 spiro atoms. The average Bonchev–Trinajstić information content (AvgIpc) is 3.20. The van der Waals surface area contributed by atoms with Crippen LogP contribution in [0.2, 0.25) is 0 Å². The average molecular weight is 316 g/mol. The van der Waals surface area contributed by atoms with Crippen molar-refractivity contribution >= 4 is 11.8 Å². The zero-order valence-electron chi connectivity index (χ0n) is 13.6. The highest BCUT2D eigenvalue weighted by Gasteiger charge is 2.39. The third-order valence-corrected chi connectivity index (χ3v) is 4.85. The van der Waals surface area contributed by atoms with Crippen molar-refractivity contribution in [3.05, 3.63) is 35.9 Å². The van der Waals surface area contributed by atoms with E-state index in [2.05, 4.69) is 12.1 Å². The lowest BCUT2D eigenvalue weighted by atomic mass is 10.0. The van der Waals surface area contributed by atoms with Gasteiger partial charge in [-0.1, -0.05) is 30.3 Å². The summed E-state index contributed by atoms with van der Waals surface area (Å²) in [6.45, 7) is 2.41. The van der Waals surface area contributed by atoms with Gasteiger partial charge in [0.2, 0.25) is 11.8 Å². The fourth-order valence-corrected chi connectivity index (χ4v) is 3.64. The Morgan fingerprint density at radius 3 is 2.83 bits per heavy atom. The summed E-state index contributed by atoms with van der Waals surface area (Å²) in [7, 11) is 1.62. The quantitative estimate of drug-likeness (QED) is 0.833. The summed E-state index contributed by atoms with van der Waals surface area (Å²) in [5, 5.41) is 0. The van der Waals surface area contributed by atoms with Crippen LogP contribution in [0.5, 0.6) is 0 Å². The third-order valence-electron chi connectivity index (χ3n) is 4.85. The molecular weight excluding hydrogens is 292 g/mol. The maximum atomic E-state index is 12.9. The number of amides is 2. The smallest absolute Gasteiger partial charge is 0.228 e. The fraction of sp³-hybridized carbons (Fsp3) is 0.556. The van der Waals surface area contributed by atoms with Gasteiger partial charge in [-0.25, -0.2) is 0 Å². The van der Waals surface area contributed by atoms with Gasteiger partial charge in [-0.3, -0.25) is 9.59 Å². The van der Waals surface area contributed by atoms with Crippen LogP contribution in [0.3, 0.4) is 0 Å². The molecule has 2 aliphatic rings. The first-order chi connectivity index (χ1) is 11.2. The SMILES string of the molecule is COCCN1CC(C(=O)N2CCCC2c2ccccc2)CC1=O. The highest BCUT2D eigenvalue weighted by molar-refractivity contribution is 5.89. The van der Waals surface area contributed by atoms with Gasteiger partial charge in [0, 0.05) is 33.2 Å². The van der Waals surface area contributed by atoms with Crippen molar-refractivity contribution in [1.29, 1.82) is 0 Å². The second-order valence-electron chi connectivity index (χ2n) is 6.33. The van der Waals surface area contributed by atoms with Crippen LogP contribution in [-0.4, -0.2) is 55.0 Å². The molecule has 2 unspecified atom stereocenters. The number of carbonyl (C=O) groups is 2. The van der Waals surface area contributed by atoms with Crippen molar-refractivity contribution in [1.82, 2.24) is 9.80 Å². The normalized spacial score (nSPS) is 24.5. The Kier molecular flexibility index (Phi) is 4.96. The molecule has 23 heavy (non-hydrogen) atoms. The molecule has 5 heteroatoms. The van der Waals surface area contributed by atoms with Crippen molar-refractivity contribution in [3.8, 4) is 0 Å². The summed E-state index contributed by atoms with van der Waals surface area (Å²) >= 11 is 0. The van der Waals surface area contributed by atoms with E-state index >= 15 is 0 Å². The lowest BCUT2D eigenvalue weighted by Crippen LogP contribution is -2.37. The highest BCUT2D eigenvalue weighted by Crippen LogP contribution is 2.34. The Morgan fingerprint density at radius 2 is 2.09 bits per heavy atom. The number of nitrogens with zero attached hydrogens (tertiary/aromatic N) is 2. The molecular formula is C18H24N2O3. The van der Waals surface area contributed by atoms with Crippen LogP contribution >= 0.6 is 0 Å². The molecule has 3 rings (SSSR count). The van der Waals surface area contributed by atoms with Gasteiger partial charge in [0.25, 0.3) is 0 Å². The molecule has 2 aliphatic heterocycles. The van der Waals surface area contributed by atoms with Gasteiger partial charge >= 0.3 is 0 Å². The molecule has 0 radical (unpaired) electrons. The van der Waals surface area contributed by atoms with Gasteiger partial charge in [-0.15, -0.1) is 0 Å². The monoisotopic (exact) mass is 316 g/mol. The first-order valence-corrected chi connectivity index (χ1v) is 8.33. The van der Waals surface area contributed by atoms with Crippen LogP contribution in [0.25, 0.3) is 0 Å². The molecule has 0 aliphatic carbocycles. The van der Waals surface area contributed by atoms with Crippen LogP contribution in [0.4, 0.5) is 0 Å². The lowest BCUT2D eigenvalue weighted by Gasteiger charge is -2.27. The predicted octanol–water partition coefficient (Wildman–Crippen LogP) is 1.84. The standard InChI is InChI=1S/C18H24N2O3/c1-23-11-10-19-13-15(12-17(19)21)18(22)20-9-5-8-16(20)14-6-3-2-4-7-14/h2-4,6-7,15-16H,5,8-13H2,1H3. The number of rotatable bonds is 5. The van der Waals surface area contributed by atoms with E-state index in [0.717, 1.165) is 19.4 Å². The molecule has 0 saturated carbocycles. The molecule has 5 nitrogen and oxygen atoms in total. The minimum atomic E-state index is -0.205. The zero-order valence-corrected chi connectivity index (χ0v) is 13.6. The van der Waals surface area contributed by atoms with Crippen LogP contribution in [0, 0.1) is 5.92 Å². The van der Waals surface area contributed by atoms with E-state index in [1.165, 1.54) is 5.56 Å². The van der Waals surface area contributed by atoms with Crippen molar-refractivity contribution in [2.75, 3.05) is 33.4 Å². The van der Waals surface area contributed by atoms with Crippen molar-refractivity contribution < 1.29 is 14.3 Å². The van der Waals surface area contributed by atoms with Gasteiger partial charge in [0.15, 0.2) is 0 Å². The number of benzene rings is 1. The molecule has 0 N–H and O–H groups in total. The molecule has 2 fully saturated rings. The van der Waals surface area contributed by atoms with E-state index in [1.807, 2.05) is 23.1 Å². The zero-order chi connectivity index (χ0) is 16.2. The molecule has 1 aromatic rings. The molecule has 2 atom stereocenters. The summed E-state index contributed by atoms with van der Waals surface area (Å²) in [6, 6.07) is 10.4.